The van der Waals surface area contributed by atoms with Crippen molar-refractivity contribution in [2.45, 2.75) is 6.54 Å². The van der Waals surface area contributed by atoms with E-state index in [1.807, 2.05) is 11.4 Å². The van der Waals surface area contributed by atoms with Crippen molar-refractivity contribution in [2.24, 2.45) is 0 Å². The summed E-state index contributed by atoms with van der Waals surface area (Å²) < 4.78 is 1.59. The number of nitrogens with zero attached hydrogens (tertiary/aromatic N) is 2. The molecule has 2 N–H and O–H groups in total. The zero-order valence-electron chi connectivity index (χ0n) is 7.38. The Morgan fingerprint density at radius 1 is 1.50 bits per heavy atom. The molecule has 2 aromatic heterocycles. The highest BCUT2D eigenvalue weighted by molar-refractivity contribution is 7.13. The highest BCUT2D eigenvalue weighted by Crippen LogP contribution is 2.11. The lowest BCUT2D eigenvalue weighted by Crippen LogP contribution is -2.18. The summed E-state index contributed by atoms with van der Waals surface area (Å²) in [6.45, 7) is 0.480. The van der Waals surface area contributed by atoms with Gasteiger partial charge in [0.2, 0.25) is 0 Å². The SMILES string of the molecule is Nc1nc(Cn2ccccc2=O)cs1. The van der Waals surface area contributed by atoms with Gasteiger partial charge in [-0.15, -0.1) is 11.3 Å². The molecular weight excluding hydrogens is 198 g/mol. The van der Waals surface area contributed by atoms with Gasteiger partial charge in [-0.2, -0.15) is 0 Å². The molecule has 0 unspecified atom stereocenters. The minimum atomic E-state index is -0.0286. The molecule has 2 aromatic rings. The topological polar surface area (TPSA) is 60.9 Å². The zero-order chi connectivity index (χ0) is 9.97. The van der Waals surface area contributed by atoms with E-state index >= 15 is 0 Å². The average molecular weight is 207 g/mol. The van der Waals surface area contributed by atoms with Gasteiger partial charge in [0.05, 0.1) is 12.2 Å². The number of hydrogen-bond acceptors (Lipinski definition) is 4. The first-order chi connectivity index (χ1) is 6.75. The van der Waals surface area contributed by atoms with Gasteiger partial charge >= 0.3 is 0 Å². The maximum absolute atomic E-state index is 11.3. The van der Waals surface area contributed by atoms with Crippen LogP contribution in [0.5, 0.6) is 0 Å². The number of rotatable bonds is 2. The Morgan fingerprint density at radius 2 is 2.36 bits per heavy atom. The van der Waals surface area contributed by atoms with Gasteiger partial charge in [0, 0.05) is 17.6 Å². The van der Waals surface area contributed by atoms with E-state index in [1.165, 1.54) is 17.4 Å². The van der Waals surface area contributed by atoms with Crippen LogP contribution in [0.15, 0.2) is 34.6 Å². The van der Waals surface area contributed by atoms with Crippen LogP contribution in [-0.2, 0) is 6.54 Å². The molecule has 0 spiro atoms. The number of anilines is 1. The average Bonchev–Trinajstić information content (AvgIpc) is 2.56. The lowest BCUT2D eigenvalue weighted by Gasteiger charge is -2.00. The fraction of sp³-hybridized carbons (Fsp3) is 0.111. The summed E-state index contributed by atoms with van der Waals surface area (Å²) in [6, 6.07) is 5.06. The van der Waals surface area contributed by atoms with Gasteiger partial charge in [0.1, 0.15) is 0 Å². The van der Waals surface area contributed by atoms with Crippen LogP contribution in [0.25, 0.3) is 0 Å². The summed E-state index contributed by atoms with van der Waals surface area (Å²) in [6.07, 6.45) is 1.73. The predicted octanol–water partition coefficient (Wildman–Crippen LogP) is 0.935. The maximum atomic E-state index is 11.3. The smallest absolute Gasteiger partial charge is 0.250 e. The molecule has 0 saturated heterocycles. The molecule has 72 valence electrons. The minimum absolute atomic E-state index is 0.0286. The largest absolute Gasteiger partial charge is 0.375 e. The van der Waals surface area contributed by atoms with E-state index in [0.717, 1.165) is 5.69 Å². The van der Waals surface area contributed by atoms with E-state index in [1.54, 1.807) is 16.8 Å². The summed E-state index contributed by atoms with van der Waals surface area (Å²) in [4.78, 5) is 15.4. The summed E-state index contributed by atoms with van der Waals surface area (Å²) in [5.41, 5.74) is 6.28. The Kier molecular flexibility index (Phi) is 2.32. The van der Waals surface area contributed by atoms with Crippen LogP contribution in [-0.4, -0.2) is 9.55 Å². The first kappa shape index (κ1) is 8.96. The van der Waals surface area contributed by atoms with Gasteiger partial charge in [-0.1, -0.05) is 6.07 Å². The monoisotopic (exact) mass is 207 g/mol. The number of aromatic nitrogens is 2. The van der Waals surface area contributed by atoms with Crippen molar-refractivity contribution in [3.05, 3.63) is 45.8 Å². The second kappa shape index (κ2) is 3.63. The van der Waals surface area contributed by atoms with E-state index < -0.39 is 0 Å². The second-order valence-corrected chi connectivity index (χ2v) is 3.73. The Balaban J connectivity index is 2.27. The second-order valence-electron chi connectivity index (χ2n) is 2.84. The molecule has 0 aromatic carbocycles. The lowest BCUT2D eigenvalue weighted by atomic mass is 10.4. The number of hydrogen-bond donors (Lipinski definition) is 1. The minimum Gasteiger partial charge on any atom is -0.375 e. The molecule has 2 heterocycles. The van der Waals surface area contributed by atoms with E-state index in [2.05, 4.69) is 4.98 Å². The molecule has 0 saturated carbocycles. The van der Waals surface area contributed by atoms with Crippen LogP contribution in [0.3, 0.4) is 0 Å². The van der Waals surface area contributed by atoms with Crippen LogP contribution in [0.2, 0.25) is 0 Å². The van der Waals surface area contributed by atoms with Crippen molar-refractivity contribution in [2.75, 3.05) is 5.73 Å². The number of nitrogens with two attached hydrogens (primary N) is 1. The first-order valence-electron chi connectivity index (χ1n) is 4.11. The molecule has 0 bridgehead atoms. The summed E-state index contributed by atoms with van der Waals surface area (Å²) in [5.74, 6) is 0. The van der Waals surface area contributed by atoms with Gasteiger partial charge < -0.3 is 10.3 Å². The predicted molar refractivity (Wildman–Crippen MR) is 56.3 cm³/mol. The number of thiazole rings is 1. The maximum Gasteiger partial charge on any atom is 0.250 e. The van der Waals surface area contributed by atoms with Crippen molar-refractivity contribution in [3.63, 3.8) is 0 Å². The molecular formula is C9H9N3OS. The van der Waals surface area contributed by atoms with E-state index in [-0.39, 0.29) is 5.56 Å². The summed E-state index contributed by atoms with van der Waals surface area (Å²) >= 11 is 1.38. The van der Waals surface area contributed by atoms with Crippen LogP contribution in [0, 0.1) is 0 Å². The third kappa shape index (κ3) is 1.82. The highest BCUT2D eigenvalue weighted by Gasteiger charge is 2.00. The standard InChI is InChI=1S/C9H9N3OS/c10-9-11-7(6-14-9)5-12-4-2-1-3-8(12)13/h1-4,6H,5H2,(H2,10,11). The van der Waals surface area contributed by atoms with Gasteiger partial charge in [-0.3, -0.25) is 4.79 Å². The Labute approximate surface area is 84.6 Å². The Hall–Kier alpha value is -1.62. The molecule has 0 amide bonds. The Morgan fingerprint density at radius 3 is 3.00 bits per heavy atom. The third-order valence-electron chi connectivity index (χ3n) is 1.80. The normalized spacial score (nSPS) is 10.3. The highest BCUT2D eigenvalue weighted by atomic mass is 32.1. The van der Waals surface area contributed by atoms with Crippen molar-refractivity contribution in [1.29, 1.82) is 0 Å². The molecule has 5 heteroatoms. The summed E-state index contributed by atoms with van der Waals surface area (Å²) in [5, 5.41) is 2.39. The molecule has 2 rings (SSSR count). The van der Waals surface area contributed by atoms with Crippen LogP contribution in [0.4, 0.5) is 5.13 Å². The summed E-state index contributed by atoms with van der Waals surface area (Å²) in [7, 11) is 0. The third-order valence-corrected chi connectivity index (χ3v) is 2.52. The molecule has 0 aliphatic heterocycles. The van der Waals surface area contributed by atoms with E-state index in [0.29, 0.717) is 11.7 Å². The van der Waals surface area contributed by atoms with Crippen molar-refractivity contribution < 1.29 is 0 Å². The van der Waals surface area contributed by atoms with Crippen LogP contribution in [0.1, 0.15) is 5.69 Å². The molecule has 0 radical (unpaired) electrons. The quantitative estimate of drug-likeness (QED) is 0.797. The molecule has 0 atom stereocenters. The lowest BCUT2D eigenvalue weighted by molar-refractivity contribution is 0.745. The molecule has 4 nitrogen and oxygen atoms in total. The van der Waals surface area contributed by atoms with Gasteiger partial charge in [-0.25, -0.2) is 4.98 Å². The fourth-order valence-corrected chi connectivity index (χ4v) is 1.72. The number of nitrogen functional groups attached to an aromatic ring is 1. The zero-order valence-corrected chi connectivity index (χ0v) is 8.20. The number of pyridine rings is 1. The molecule has 0 aliphatic rings. The van der Waals surface area contributed by atoms with Gasteiger partial charge in [0.25, 0.3) is 5.56 Å². The van der Waals surface area contributed by atoms with Crippen molar-refractivity contribution in [3.8, 4) is 0 Å². The van der Waals surface area contributed by atoms with Crippen LogP contribution >= 0.6 is 11.3 Å². The first-order valence-corrected chi connectivity index (χ1v) is 4.99. The Bertz CT molecular complexity index is 489. The van der Waals surface area contributed by atoms with E-state index in [9.17, 15) is 4.79 Å². The fourth-order valence-electron chi connectivity index (χ4n) is 1.16. The molecule has 0 aliphatic carbocycles. The van der Waals surface area contributed by atoms with E-state index in [4.69, 9.17) is 5.73 Å². The molecule has 0 fully saturated rings. The van der Waals surface area contributed by atoms with Crippen molar-refractivity contribution in [1.82, 2.24) is 9.55 Å². The van der Waals surface area contributed by atoms with Crippen molar-refractivity contribution >= 4 is 16.5 Å². The van der Waals surface area contributed by atoms with Gasteiger partial charge in [0.15, 0.2) is 5.13 Å². The molecule has 14 heavy (non-hydrogen) atoms. The van der Waals surface area contributed by atoms with Gasteiger partial charge in [-0.05, 0) is 6.07 Å². The van der Waals surface area contributed by atoms with Crippen LogP contribution < -0.4 is 11.3 Å².